The fourth-order valence-corrected chi connectivity index (χ4v) is 2.51. The minimum atomic E-state index is 0.787. The smallest absolute Gasteiger partial charge is 0.0438 e. The Morgan fingerprint density at radius 3 is 2.94 bits per heavy atom. The molecule has 0 aromatic carbocycles. The molecule has 0 spiro atoms. The second kappa shape index (κ2) is 4.17. The third kappa shape index (κ3) is 2.12. The number of pyridine rings is 1. The van der Waals surface area contributed by atoms with Gasteiger partial charge in [-0.15, -0.1) is 0 Å². The summed E-state index contributed by atoms with van der Waals surface area (Å²) in [7, 11) is 0. The van der Waals surface area contributed by atoms with Crippen molar-refractivity contribution >= 4 is 0 Å². The summed E-state index contributed by atoms with van der Waals surface area (Å²) in [5, 5.41) is 3.58. The van der Waals surface area contributed by atoms with Gasteiger partial charge in [0.1, 0.15) is 0 Å². The molecule has 0 amide bonds. The quantitative estimate of drug-likeness (QED) is 0.839. The van der Waals surface area contributed by atoms with Crippen LogP contribution in [-0.4, -0.2) is 11.0 Å². The highest BCUT2D eigenvalue weighted by Gasteiger charge is 2.21. The molecule has 1 aromatic heterocycles. The lowest BCUT2D eigenvalue weighted by atomic mass is 9.94. The summed E-state index contributed by atoms with van der Waals surface area (Å²) >= 11 is 0. The third-order valence-electron chi connectivity index (χ3n) is 3.75. The lowest BCUT2D eigenvalue weighted by molar-refractivity contribution is 0.649. The number of aryl methyl sites for hydroxylation is 3. The molecule has 1 saturated carbocycles. The van der Waals surface area contributed by atoms with Crippen molar-refractivity contribution in [2.45, 2.75) is 58.0 Å². The number of nitrogens with one attached hydrogen (secondary N) is 1. The van der Waals surface area contributed by atoms with Gasteiger partial charge in [0.05, 0.1) is 0 Å². The number of fused-ring (bicyclic) bond motifs is 1. The molecule has 2 nitrogen and oxygen atoms in total. The van der Waals surface area contributed by atoms with Crippen LogP contribution in [-0.2, 0) is 19.4 Å². The molecule has 0 bridgehead atoms. The minimum Gasteiger partial charge on any atom is -0.310 e. The van der Waals surface area contributed by atoms with Crippen LogP contribution in [0.1, 0.15) is 48.2 Å². The molecule has 2 heteroatoms. The van der Waals surface area contributed by atoms with Crippen molar-refractivity contribution in [1.82, 2.24) is 10.3 Å². The second-order valence-corrected chi connectivity index (χ2v) is 5.20. The van der Waals surface area contributed by atoms with Crippen molar-refractivity contribution in [1.29, 1.82) is 0 Å². The first-order chi connectivity index (χ1) is 7.83. The van der Waals surface area contributed by atoms with Gasteiger partial charge in [0.25, 0.3) is 0 Å². The lowest BCUT2D eigenvalue weighted by Crippen LogP contribution is -2.18. The van der Waals surface area contributed by atoms with Gasteiger partial charge in [-0.25, -0.2) is 0 Å². The summed E-state index contributed by atoms with van der Waals surface area (Å²) in [4.78, 5) is 4.77. The van der Waals surface area contributed by atoms with Crippen LogP contribution in [0.2, 0.25) is 0 Å². The summed E-state index contributed by atoms with van der Waals surface area (Å²) < 4.78 is 0. The van der Waals surface area contributed by atoms with Crippen LogP contribution < -0.4 is 5.32 Å². The van der Waals surface area contributed by atoms with Gasteiger partial charge in [0.15, 0.2) is 0 Å². The maximum absolute atomic E-state index is 4.77. The number of hydrogen-bond acceptors (Lipinski definition) is 2. The van der Waals surface area contributed by atoms with Gasteiger partial charge in [-0.1, -0.05) is 6.07 Å². The van der Waals surface area contributed by atoms with E-state index in [4.69, 9.17) is 4.98 Å². The number of nitrogens with zero attached hydrogens (tertiary/aromatic N) is 1. The largest absolute Gasteiger partial charge is 0.310 e. The zero-order chi connectivity index (χ0) is 11.0. The topological polar surface area (TPSA) is 24.9 Å². The minimum absolute atomic E-state index is 0.787. The Balaban J connectivity index is 1.80. The summed E-state index contributed by atoms with van der Waals surface area (Å²) in [6.45, 7) is 3.16. The van der Waals surface area contributed by atoms with Crippen molar-refractivity contribution in [3.05, 3.63) is 28.6 Å². The van der Waals surface area contributed by atoms with E-state index >= 15 is 0 Å². The third-order valence-corrected chi connectivity index (χ3v) is 3.75. The summed E-state index contributed by atoms with van der Waals surface area (Å²) in [6, 6.07) is 3.18. The van der Waals surface area contributed by atoms with E-state index in [1.54, 1.807) is 0 Å². The first-order valence-electron chi connectivity index (χ1n) is 6.54. The average Bonchev–Trinajstić information content (AvgIpc) is 3.10. The molecular weight excluding hydrogens is 196 g/mol. The van der Waals surface area contributed by atoms with E-state index in [0.717, 1.165) is 12.6 Å². The Hall–Kier alpha value is -0.890. The molecule has 1 aromatic rings. The van der Waals surface area contributed by atoms with Gasteiger partial charge in [-0.3, -0.25) is 4.98 Å². The van der Waals surface area contributed by atoms with E-state index in [1.165, 1.54) is 61.0 Å². The highest BCUT2D eigenvalue weighted by atomic mass is 14.9. The predicted octanol–water partition coefficient (Wildman–Crippen LogP) is 2.52. The van der Waals surface area contributed by atoms with E-state index in [2.05, 4.69) is 18.3 Å². The highest BCUT2D eigenvalue weighted by Crippen LogP contribution is 2.23. The van der Waals surface area contributed by atoms with Gasteiger partial charge in [-0.05, 0) is 56.6 Å². The molecule has 1 heterocycles. The van der Waals surface area contributed by atoms with Crippen LogP contribution in [0.5, 0.6) is 0 Å². The van der Waals surface area contributed by atoms with Crippen LogP contribution in [0.25, 0.3) is 0 Å². The van der Waals surface area contributed by atoms with Crippen molar-refractivity contribution < 1.29 is 0 Å². The van der Waals surface area contributed by atoms with Crippen LogP contribution >= 0.6 is 0 Å². The summed E-state index contributed by atoms with van der Waals surface area (Å²) in [5.74, 6) is 0. The molecule has 86 valence electrons. The monoisotopic (exact) mass is 216 g/mol. The summed E-state index contributed by atoms with van der Waals surface area (Å²) in [6.07, 6.45) is 7.80. The maximum atomic E-state index is 4.77. The molecule has 0 radical (unpaired) electrons. The van der Waals surface area contributed by atoms with Gasteiger partial charge in [0, 0.05) is 24.0 Å². The first-order valence-corrected chi connectivity index (χ1v) is 6.54. The van der Waals surface area contributed by atoms with Gasteiger partial charge < -0.3 is 5.32 Å². The van der Waals surface area contributed by atoms with Gasteiger partial charge in [0.2, 0.25) is 0 Å². The van der Waals surface area contributed by atoms with E-state index in [-0.39, 0.29) is 0 Å². The SMILES string of the molecule is Cc1nc2c(cc1CNC1CC1)CCCC2. The molecule has 16 heavy (non-hydrogen) atoms. The average molecular weight is 216 g/mol. The molecule has 2 aliphatic rings. The molecule has 1 fully saturated rings. The first kappa shape index (κ1) is 10.3. The highest BCUT2D eigenvalue weighted by molar-refractivity contribution is 5.31. The Morgan fingerprint density at radius 2 is 2.12 bits per heavy atom. The Bertz CT molecular complexity index is 394. The fourth-order valence-electron chi connectivity index (χ4n) is 2.51. The predicted molar refractivity (Wildman–Crippen MR) is 65.5 cm³/mol. The van der Waals surface area contributed by atoms with Crippen LogP contribution in [0.4, 0.5) is 0 Å². The molecule has 0 aliphatic heterocycles. The van der Waals surface area contributed by atoms with E-state index < -0.39 is 0 Å². The normalized spacial score (nSPS) is 19.6. The Morgan fingerprint density at radius 1 is 1.31 bits per heavy atom. The molecule has 2 aliphatic carbocycles. The van der Waals surface area contributed by atoms with Crippen LogP contribution in [0.15, 0.2) is 6.07 Å². The second-order valence-electron chi connectivity index (χ2n) is 5.20. The lowest BCUT2D eigenvalue weighted by Gasteiger charge is -2.17. The van der Waals surface area contributed by atoms with Crippen LogP contribution in [0, 0.1) is 6.92 Å². The maximum Gasteiger partial charge on any atom is 0.0438 e. The van der Waals surface area contributed by atoms with Gasteiger partial charge in [-0.2, -0.15) is 0 Å². The summed E-state index contributed by atoms with van der Waals surface area (Å²) in [5.41, 5.74) is 5.50. The molecule has 0 saturated heterocycles. The molecule has 1 N–H and O–H groups in total. The molecule has 0 atom stereocenters. The molecule has 3 rings (SSSR count). The number of rotatable bonds is 3. The number of aromatic nitrogens is 1. The molecule has 0 unspecified atom stereocenters. The van der Waals surface area contributed by atoms with Gasteiger partial charge >= 0.3 is 0 Å². The van der Waals surface area contributed by atoms with Crippen molar-refractivity contribution in [3.8, 4) is 0 Å². The Labute approximate surface area is 97.5 Å². The number of hydrogen-bond donors (Lipinski definition) is 1. The zero-order valence-corrected chi connectivity index (χ0v) is 10.1. The van der Waals surface area contributed by atoms with E-state index in [9.17, 15) is 0 Å². The van der Waals surface area contributed by atoms with Crippen molar-refractivity contribution in [3.63, 3.8) is 0 Å². The van der Waals surface area contributed by atoms with Crippen molar-refractivity contribution in [2.24, 2.45) is 0 Å². The van der Waals surface area contributed by atoms with E-state index in [1.807, 2.05) is 0 Å². The zero-order valence-electron chi connectivity index (χ0n) is 10.1. The fraction of sp³-hybridized carbons (Fsp3) is 0.643. The van der Waals surface area contributed by atoms with Crippen LogP contribution in [0.3, 0.4) is 0 Å². The molecular formula is C14H20N2. The Kier molecular flexibility index (Phi) is 2.68. The standard InChI is InChI=1S/C14H20N2/c1-10-12(9-15-13-6-7-13)8-11-4-2-3-5-14(11)16-10/h8,13,15H,2-7,9H2,1H3. The van der Waals surface area contributed by atoms with Crippen molar-refractivity contribution in [2.75, 3.05) is 0 Å². The van der Waals surface area contributed by atoms with E-state index in [0.29, 0.717) is 0 Å².